The van der Waals surface area contributed by atoms with Crippen molar-refractivity contribution >= 4 is 5.91 Å². The fraction of sp³-hybridized carbons (Fsp3) is 0.0833. The molecule has 1 amide bonds. The molecule has 0 N–H and O–H groups in total. The largest absolute Gasteiger partial charge is 0.472 e. The Balaban J connectivity index is 1.68. The lowest BCUT2D eigenvalue weighted by molar-refractivity contribution is 0.0730. The van der Waals surface area contributed by atoms with Crippen LogP contribution in [0.4, 0.5) is 0 Å². The SMILES string of the molecule is O=C(c1ccncc1)N(Cc1ccoc1)Cc1ccccc1-c1ccccc1. The first kappa shape index (κ1) is 17.7. The normalized spacial score (nSPS) is 10.6. The van der Waals surface area contributed by atoms with Crippen molar-refractivity contribution in [1.29, 1.82) is 0 Å². The van der Waals surface area contributed by atoms with E-state index in [1.807, 2.05) is 41.3 Å². The Morgan fingerprint density at radius 2 is 1.61 bits per heavy atom. The summed E-state index contributed by atoms with van der Waals surface area (Å²) in [4.78, 5) is 19.0. The number of nitrogens with zero attached hydrogens (tertiary/aromatic N) is 2. The second-order valence-electron chi connectivity index (χ2n) is 6.55. The summed E-state index contributed by atoms with van der Waals surface area (Å²) in [6, 6.07) is 23.8. The van der Waals surface area contributed by atoms with E-state index in [1.165, 1.54) is 0 Å². The number of aromatic nitrogens is 1. The van der Waals surface area contributed by atoms with Crippen LogP contribution in [0.1, 0.15) is 21.5 Å². The van der Waals surface area contributed by atoms with Gasteiger partial charge in [-0.1, -0.05) is 54.6 Å². The third-order valence-electron chi connectivity index (χ3n) is 4.63. The Bertz CT molecular complexity index is 1030. The number of carbonyl (C=O) groups excluding carboxylic acids is 1. The lowest BCUT2D eigenvalue weighted by Crippen LogP contribution is -2.30. The molecule has 0 aliphatic rings. The van der Waals surface area contributed by atoms with Gasteiger partial charge in [0.25, 0.3) is 5.91 Å². The minimum atomic E-state index is -0.0357. The molecular weight excluding hydrogens is 348 g/mol. The van der Waals surface area contributed by atoms with Crippen molar-refractivity contribution < 1.29 is 9.21 Å². The van der Waals surface area contributed by atoms with Crippen molar-refractivity contribution in [3.8, 4) is 11.1 Å². The smallest absolute Gasteiger partial charge is 0.254 e. The van der Waals surface area contributed by atoms with E-state index in [4.69, 9.17) is 4.42 Å². The number of pyridine rings is 1. The fourth-order valence-electron chi connectivity index (χ4n) is 3.24. The maximum absolute atomic E-state index is 13.2. The third-order valence-corrected chi connectivity index (χ3v) is 4.63. The molecule has 0 unspecified atom stereocenters. The monoisotopic (exact) mass is 368 g/mol. The van der Waals surface area contributed by atoms with Crippen LogP contribution < -0.4 is 0 Å². The molecule has 4 aromatic rings. The average molecular weight is 368 g/mol. The lowest BCUT2D eigenvalue weighted by Gasteiger charge is -2.24. The molecule has 138 valence electrons. The molecule has 0 aliphatic heterocycles. The molecule has 0 saturated heterocycles. The van der Waals surface area contributed by atoms with Crippen molar-refractivity contribution in [3.05, 3.63) is 114 Å². The van der Waals surface area contributed by atoms with Crippen molar-refractivity contribution in [2.24, 2.45) is 0 Å². The predicted octanol–water partition coefficient (Wildman–Crippen LogP) is 5.18. The maximum atomic E-state index is 13.2. The Labute approximate surface area is 164 Å². The van der Waals surface area contributed by atoms with Crippen LogP contribution in [0.2, 0.25) is 0 Å². The molecule has 2 aromatic carbocycles. The molecule has 0 bridgehead atoms. The Morgan fingerprint density at radius 1 is 0.857 bits per heavy atom. The molecule has 0 spiro atoms. The van der Waals surface area contributed by atoms with Crippen LogP contribution in [0, 0.1) is 0 Å². The highest BCUT2D eigenvalue weighted by molar-refractivity contribution is 5.94. The molecule has 28 heavy (non-hydrogen) atoms. The van der Waals surface area contributed by atoms with Gasteiger partial charge in [0.05, 0.1) is 12.5 Å². The zero-order chi connectivity index (χ0) is 19.2. The first-order valence-corrected chi connectivity index (χ1v) is 9.15. The van der Waals surface area contributed by atoms with E-state index >= 15 is 0 Å². The second-order valence-corrected chi connectivity index (χ2v) is 6.55. The molecule has 0 saturated carbocycles. The molecular formula is C24H20N2O2. The van der Waals surface area contributed by atoms with Crippen LogP contribution in [0.3, 0.4) is 0 Å². The number of carbonyl (C=O) groups is 1. The van der Waals surface area contributed by atoms with Crippen molar-refractivity contribution in [3.63, 3.8) is 0 Å². The summed E-state index contributed by atoms with van der Waals surface area (Å²) in [6.07, 6.45) is 6.58. The van der Waals surface area contributed by atoms with Crippen LogP contribution in [0.25, 0.3) is 11.1 Å². The van der Waals surface area contributed by atoms with Gasteiger partial charge in [-0.15, -0.1) is 0 Å². The van der Waals surface area contributed by atoms with E-state index < -0.39 is 0 Å². The molecule has 4 rings (SSSR count). The molecule has 4 nitrogen and oxygen atoms in total. The molecule has 2 heterocycles. The second kappa shape index (κ2) is 8.35. The van der Waals surface area contributed by atoms with Gasteiger partial charge in [0.1, 0.15) is 0 Å². The van der Waals surface area contributed by atoms with Gasteiger partial charge >= 0.3 is 0 Å². The van der Waals surface area contributed by atoms with E-state index in [0.29, 0.717) is 18.7 Å². The summed E-state index contributed by atoms with van der Waals surface area (Å²) >= 11 is 0. The molecule has 0 radical (unpaired) electrons. The number of amides is 1. The highest BCUT2D eigenvalue weighted by Crippen LogP contribution is 2.25. The zero-order valence-corrected chi connectivity index (χ0v) is 15.4. The van der Waals surface area contributed by atoms with Gasteiger partial charge in [-0.05, 0) is 34.9 Å². The average Bonchev–Trinajstić information content (AvgIpc) is 3.27. The number of benzene rings is 2. The standard InChI is InChI=1S/C24H20N2O2/c27-24(21-10-13-25-14-11-21)26(16-19-12-15-28-18-19)17-22-8-4-5-9-23(22)20-6-2-1-3-7-20/h1-15,18H,16-17H2. The summed E-state index contributed by atoms with van der Waals surface area (Å²) in [6.45, 7) is 0.970. The Kier molecular flexibility index (Phi) is 5.29. The summed E-state index contributed by atoms with van der Waals surface area (Å²) in [5.41, 5.74) is 4.94. The predicted molar refractivity (Wildman–Crippen MR) is 108 cm³/mol. The topological polar surface area (TPSA) is 46.3 Å². The van der Waals surface area contributed by atoms with Crippen LogP contribution >= 0.6 is 0 Å². The summed E-state index contributed by atoms with van der Waals surface area (Å²) < 4.78 is 5.20. The highest BCUT2D eigenvalue weighted by Gasteiger charge is 2.18. The number of rotatable bonds is 6. The molecule has 0 fully saturated rings. The minimum absolute atomic E-state index is 0.0357. The van der Waals surface area contributed by atoms with E-state index in [2.05, 4.69) is 29.2 Å². The third kappa shape index (κ3) is 4.01. The maximum Gasteiger partial charge on any atom is 0.254 e. The number of furan rings is 1. The minimum Gasteiger partial charge on any atom is -0.472 e. The quantitative estimate of drug-likeness (QED) is 0.471. The van der Waals surface area contributed by atoms with Gasteiger partial charge in [-0.3, -0.25) is 9.78 Å². The van der Waals surface area contributed by atoms with Gasteiger partial charge in [-0.2, -0.15) is 0 Å². The van der Waals surface area contributed by atoms with Gasteiger partial charge in [0, 0.05) is 36.6 Å². The van der Waals surface area contributed by atoms with Crippen LogP contribution in [0.15, 0.2) is 102 Å². The Morgan fingerprint density at radius 3 is 2.36 bits per heavy atom. The number of hydrogen-bond donors (Lipinski definition) is 0. The van der Waals surface area contributed by atoms with Gasteiger partial charge in [-0.25, -0.2) is 0 Å². The van der Waals surface area contributed by atoms with E-state index in [1.54, 1.807) is 37.1 Å². The summed E-state index contributed by atoms with van der Waals surface area (Å²) in [5, 5.41) is 0. The zero-order valence-electron chi connectivity index (χ0n) is 15.4. The first-order chi connectivity index (χ1) is 13.8. The fourth-order valence-corrected chi connectivity index (χ4v) is 3.24. The van der Waals surface area contributed by atoms with Crippen molar-refractivity contribution in [2.75, 3.05) is 0 Å². The number of hydrogen-bond acceptors (Lipinski definition) is 3. The van der Waals surface area contributed by atoms with E-state index in [9.17, 15) is 4.79 Å². The lowest BCUT2D eigenvalue weighted by atomic mass is 9.99. The first-order valence-electron chi connectivity index (χ1n) is 9.15. The van der Waals surface area contributed by atoms with Gasteiger partial charge in [0.2, 0.25) is 0 Å². The molecule has 0 aliphatic carbocycles. The molecule has 2 aromatic heterocycles. The summed E-state index contributed by atoms with van der Waals surface area (Å²) in [5.74, 6) is -0.0357. The Hall–Kier alpha value is -3.66. The van der Waals surface area contributed by atoms with Crippen molar-refractivity contribution in [2.45, 2.75) is 13.1 Å². The van der Waals surface area contributed by atoms with Crippen LogP contribution in [-0.2, 0) is 13.1 Å². The van der Waals surface area contributed by atoms with E-state index in [0.717, 1.165) is 22.3 Å². The molecule has 4 heteroatoms. The summed E-state index contributed by atoms with van der Waals surface area (Å²) in [7, 11) is 0. The van der Waals surface area contributed by atoms with Crippen LogP contribution in [-0.4, -0.2) is 15.8 Å². The van der Waals surface area contributed by atoms with Gasteiger partial charge < -0.3 is 9.32 Å². The molecule has 0 atom stereocenters. The van der Waals surface area contributed by atoms with E-state index in [-0.39, 0.29) is 5.91 Å². The highest BCUT2D eigenvalue weighted by atomic mass is 16.3. The van der Waals surface area contributed by atoms with Crippen molar-refractivity contribution in [1.82, 2.24) is 9.88 Å². The van der Waals surface area contributed by atoms with Gasteiger partial charge in [0.15, 0.2) is 0 Å². The van der Waals surface area contributed by atoms with Crippen LogP contribution in [0.5, 0.6) is 0 Å².